The number of hydrogen-bond acceptors (Lipinski definition) is 6. The Hall–Kier alpha value is -2.32. The van der Waals surface area contributed by atoms with E-state index in [1.165, 1.54) is 0 Å². The van der Waals surface area contributed by atoms with Crippen LogP contribution in [0.3, 0.4) is 0 Å². The summed E-state index contributed by atoms with van der Waals surface area (Å²) in [6.07, 6.45) is 0. The minimum absolute atomic E-state index is 0.360. The fourth-order valence-electron chi connectivity index (χ4n) is 2.27. The highest BCUT2D eigenvalue weighted by Crippen LogP contribution is 2.23. The number of anilines is 1. The van der Waals surface area contributed by atoms with Crippen LogP contribution in [-0.2, 0) is 0 Å². The first-order chi connectivity index (χ1) is 11.2. The van der Waals surface area contributed by atoms with Gasteiger partial charge in [-0.15, -0.1) is 21.5 Å². The van der Waals surface area contributed by atoms with Crippen molar-refractivity contribution in [3.05, 3.63) is 45.1 Å². The maximum Gasteiger partial charge on any atom is 0.265 e. The van der Waals surface area contributed by atoms with Crippen LogP contribution in [0.4, 0.5) is 5.95 Å². The number of rotatable bonds is 3. The maximum atomic E-state index is 4.43. The summed E-state index contributed by atoms with van der Waals surface area (Å²) in [5.41, 5.74) is 6.16. The molecular weight excluding hydrogens is 376 g/mol. The Morgan fingerprint density at radius 3 is 2.91 bits per heavy atom. The molecule has 0 saturated carbocycles. The Morgan fingerprint density at radius 2 is 2.09 bits per heavy atom. The van der Waals surface area contributed by atoms with Crippen LogP contribution in [0.25, 0.3) is 22.1 Å². The number of halogens is 1. The van der Waals surface area contributed by atoms with Crippen molar-refractivity contribution in [3.63, 3.8) is 0 Å². The van der Waals surface area contributed by atoms with Gasteiger partial charge in [-0.25, -0.2) is 5.43 Å². The molecule has 1 aromatic carbocycles. The summed E-state index contributed by atoms with van der Waals surface area (Å²) in [7, 11) is 0. The summed E-state index contributed by atoms with van der Waals surface area (Å²) in [4.78, 5) is 8.74. The van der Waals surface area contributed by atoms with E-state index in [9.17, 15) is 0 Å². The van der Waals surface area contributed by atoms with Crippen LogP contribution >= 0.6 is 27.3 Å². The number of nitrogens with zero attached hydrogens (tertiary/aromatic N) is 4. The molecule has 0 unspecified atom stereocenters. The second-order valence-corrected chi connectivity index (χ2v) is 7.38. The van der Waals surface area contributed by atoms with E-state index in [1.807, 2.05) is 43.3 Å². The molecular formula is C15H11BrN6S. The summed E-state index contributed by atoms with van der Waals surface area (Å²) in [5.74, 6) is 0.360. The normalized spacial score (nSPS) is 12.2. The second-order valence-electron chi connectivity index (χ2n) is 4.92. The van der Waals surface area contributed by atoms with Crippen molar-refractivity contribution >= 4 is 61.0 Å². The third-order valence-corrected chi connectivity index (χ3v) is 5.11. The molecule has 3 aromatic heterocycles. The van der Waals surface area contributed by atoms with Crippen LogP contribution in [0.5, 0.6) is 0 Å². The molecule has 114 valence electrons. The van der Waals surface area contributed by atoms with E-state index < -0.39 is 0 Å². The lowest BCUT2D eigenvalue weighted by Gasteiger charge is -1.99. The minimum atomic E-state index is 0.360. The van der Waals surface area contributed by atoms with E-state index in [0.29, 0.717) is 11.6 Å². The summed E-state index contributed by atoms with van der Waals surface area (Å²) in [6.45, 7) is 1.93. The Balaban J connectivity index is 1.65. The third-order valence-electron chi connectivity index (χ3n) is 3.38. The number of hydrogen-bond donors (Lipinski definition) is 2. The lowest BCUT2D eigenvalue weighted by molar-refractivity contribution is 1.01. The Kier molecular flexibility index (Phi) is 3.55. The topological polar surface area (TPSA) is 78.8 Å². The Morgan fingerprint density at radius 1 is 1.22 bits per heavy atom. The molecule has 0 fully saturated rings. The molecule has 0 spiro atoms. The zero-order valence-corrected chi connectivity index (χ0v) is 14.4. The van der Waals surface area contributed by atoms with Crippen LogP contribution in [0, 0.1) is 0 Å². The predicted octanol–water partition coefficient (Wildman–Crippen LogP) is 4.17. The monoisotopic (exact) mass is 386 g/mol. The smallest absolute Gasteiger partial charge is 0.265 e. The molecule has 4 aromatic rings. The van der Waals surface area contributed by atoms with E-state index in [2.05, 4.69) is 46.6 Å². The molecule has 3 heterocycles. The molecule has 0 atom stereocenters. The maximum absolute atomic E-state index is 4.43. The van der Waals surface area contributed by atoms with Crippen LogP contribution in [0.1, 0.15) is 11.8 Å². The average Bonchev–Trinajstić information content (AvgIpc) is 3.15. The van der Waals surface area contributed by atoms with Crippen molar-refractivity contribution in [2.45, 2.75) is 6.92 Å². The zero-order valence-electron chi connectivity index (χ0n) is 12.0. The summed E-state index contributed by atoms with van der Waals surface area (Å²) in [5, 5.41) is 13.7. The molecule has 8 heteroatoms. The molecule has 0 amide bonds. The highest BCUT2D eigenvalue weighted by molar-refractivity contribution is 9.11. The number of H-pyrrole nitrogens is 1. The number of benzene rings is 1. The van der Waals surface area contributed by atoms with Crippen molar-refractivity contribution in [2.75, 3.05) is 5.43 Å². The standard InChI is InChI=1S/C15H11BrN6S/c1-8(11-6-7-12(16)23-11)19-21-15-18-14-13(20-22-15)9-4-2-3-5-10(9)17-14/h2-7H,1H3,(H2,17,18,21,22)/b19-8-. The van der Waals surface area contributed by atoms with Gasteiger partial charge in [-0.1, -0.05) is 18.2 Å². The molecule has 0 aliphatic carbocycles. The third kappa shape index (κ3) is 2.71. The quantitative estimate of drug-likeness (QED) is 0.409. The first-order valence-electron chi connectivity index (χ1n) is 6.88. The van der Waals surface area contributed by atoms with E-state index in [0.717, 1.165) is 30.8 Å². The number of hydrazone groups is 1. The van der Waals surface area contributed by atoms with Crippen LogP contribution in [0.15, 0.2) is 45.3 Å². The number of aromatic nitrogens is 4. The van der Waals surface area contributed by atoms with Gasteiger partial charge < -0.3 is 4.98 Å². The molecule has 23 heavy (non-hydrogen) atoms. The minimum Gasteiger partial charge on any atom is -0.338 e. The second kappa shape index (κ2) is 5.71. The largest absolute Gasteiger partial charge is 0.338 e. The molecule has 0 saturated heterocycles. The SMILES string of the molecule is C/C(=N/Nc1nnc2c(n1)[nH]c1ccccc12)c1ccc(Br)s1. The lowest BCUT2D eigenvalue weighted by Crippen LogP contribution is -2.02. The van der Waals surface area contributed by atoms with Gasteiger partial charge in [0.2, 0.25) is 0 Å². The van der Waals surface area contributed by atoms with E-state index in [4.69, 9.17) is 0 Å². The summed E-state index contributed by atoms with van der Waals surface area (Å²) in [6, 6.07) is 11.9. The van der Waals surface area contributed by atoms with E-state index in [1.54, 1.807) is 11.3 Å². The highest BCUT2D eigenvalue weighted by Gasteiger charge is 2.08. The van der Waals surface area contributed by atoms with Gasteiger partial charge in [0.15, 0.2) is 5.65 Å². The van der Waals surface area contributed by atoms with Crippen molar-refractivity contribution in [1.82, 2.24) is 20.2 Å². The number of nitrogens with one attached hydrogen (secondary N) is 2. The molecule has 2 N–H and O–H groups in total. The van der Waals surface area contributed by atoms with Gasteiger partial charge in [-0.3, -0.25) is 0 Å². The van der Waals surface area contributed by atoms with E-state index in [-0.39, 0.29) is 0 Å². The summed E-state index contributed by atoms with van der Waals surface area (Å²) >= 11 is 5.06. The van der Waals surface area contributed by atoms with Gasteiger partial charge in [-0.2, -0.15) is 10.1 Å². The first kappa shape index (κ1) is 14.3. The van der Waals surface area contributed by atoms with Crippen molar-refractivity contribution in [2.24, 2.45) is 5.10 Å². The molecule has 4 rings (SSSR count). The molecule has 6 nitrogen and oxygen atoms in total. The number of para-hydroxylation sites is 1. The van der Waals surface area contributed by atoms with Crippen molar-refractivity contribution < 1.29 is 0 Å². The number of fused-ring (bicyclic) bond motifs is 3. The Labute approximate surface area is 143 Å². The fourth-order valence-corrected chi connectivity index (χ4v) is 3.60. The number of thiophene rings is 1. The zero-order chi connectivity index (χ0) is 15.8. The average molecular weight is 387 g/mol. The fraction of sp³-hybridized carbons (Fsp3) is 0.0667. The molecule has 0 aliphatic rings. The molecule has 0 bridgehead atoms. The first-order valence-corrected chi connectivity index (χ1v) is 8.49. The van der Waals surface area contributed by atoms with Gasteiger partial charge in [0.1, 0.15) is 5.52 Å². The van der Waals surface area contributed by atoms with E-state index >= 15 is 0 Å². The highest BCUT2D eigenvalue weighted by atomic mass is 79.9. The molecule has 0 radical (unpaired) electrons. The molecule has 0 aliphatic heterocycles. The van der Waals surface area contributed by atoms with Gasteiger partial charge >= 0.3 is 0 Å². The summed E-state index contributed by atoms with van der Waals surface area (Å²) < 4.78 is 1.07. The number of aromatic amines is 1. The Bertz CT molecular complexity index is 1030. The van der Waals surface area contributed by atoms with Gasteiger partial charge in [0.05, 0.1) is 14.4 Å². The van der Waals surface area contributed by atoms with Gasteiger partial charge in [0, 0.05) is 10.9 Å². The van der Waals surface area contributed by atoms with Crippen LogP contribution in [-0.4, -0.2) is 25.9 Å². The van der Waals surface area contributed by atoms with Crippen LogP contribution < -0.4 is 5.43 Å². The predicted molar refractivity (Wildman–Crippen MR) is 97.0 cm³/mol. The van der Waals surface area contributed by atoms with Gasteiger partial charge in [0.25, 0.3) is 5.95 Å². The van der Waals surface area contributed by atoms with Crippen molar-refractivity contribution in [1.29, 1.82) is 0 Å². The van der Waals surface area contributed by atoms with Gasteiger partial charge in [-0.05, 0) is 41.1 Å². The van der Waals surface area contributed by atoms with Crippen molar-refractivity contribution in [3.8, 4) is 0 Å². The van der Waals surface area contributed by atoms with Crippen LogP contribution in [0.2, 0.25) is 0 Å². The lowest BCUT2D eigenvalue weighted by atomic mass is 10.2.